The summed E-state index contributed by atoms with van der Waals surface area (Å²) in [6.45, 7) is 3.46. The average molecular weight is 224 g/mol. The summed E-state index contributed by atoms with van der Waals surface area (Å²) in [5.41, 5.74) is 0.441. The summed E-state index contributed by atoms with van der Waals surface area (Å²) >= 11 is 0. The van der Waals surface area contributed by atoms with Crippen molar-refractivity contribution in [3.05, 3.63) is 48.3 Å². The van der Waals surface area contributed by atoms with Gasteiger partial charge in [0, 0.05) is 0 Å². The molecule has 0 heterocycles. The van der Waals surface area contributed by atoms with Crippen LogP contribution in [0.2, 0.25) is 0 Å². The van der Waals surface area contributed by atoms with Crippen molar-refractivity contribution in [2.24, 2.45) is 5.92 Å². The first-order chi connectivity index (χ1) is 7.60. The molecule has 86 valence electrons. The molecule has 4 heteroatoms. The van der Waals surface area contributed by atoms with Crippen LogP contribution in [0.5, 0.6) is 0 Å². The van der Waals surface area contributed by atoms with E-state index >= 15 is 0 Å². The molecular formula is C12H13FO3. The van der Waals surface area contributed by atoms with Gasteiger partial charge < -0.3 is 9.84 Å². The lowest BCUT2D eigenvalue weighted by atomic mass is 9.96. The van der Waals surface area contributed by atoms with Crippen molar-refractivity contribution in [3.63, 3.8) is 0 Å². The Morgan fingerprint density at radius 2 is 2.06 bits per heavy atom. The van der Waals surface area contributed by atoms with E-state index in [0.717, 1.165) is 0 Å². The normalized spacial score (nSPS) is 13.9. The molecule has 0 radical (unpaired) electrons. The van der Waals surface area contributed by atoms with Gasteiger partial charge in [-0.2, -0.15) is 0 Å². The zero-order valence-corrected chi connectivity index (χ0v) is 8.89. The second-order valence-electron chi connectivity index (χ2n) is 3.28. The third-order valence-corrected chi connectivity index (χ3v) is 2.28. The zero-order valence-electron chi connectivity index (χ0n) is 8.89. The molecular weight excluding hydrogens is 211 g/mol. The minimum atomic E-state index is -1.08. The molecule has 1 rings (SSSR count). The summed E-state index contributed by atoms with van der Waals surface area (Å²) in [5.74, 6) is -1.83. The Kier molecular flexibility index (Phi) is 4.19. The Balaban J connectivity index is 2.90. The van der Waals surface area contributed by atoms with Crippen LogP contribution in [-0.2, 0) is 9.53 Å². The number of aliphatic hydroxyl groups excluding tert-OH is 1. The number of aliphatic hydroxyl groups is 1. The molecule has 0 bridgehead atoms. The van der Waals surface area contributed by atoms with E-state index in [1.807, 2.05) is 0 Å². The maximum absolute atomic E-state index is 12.7. The predicted octanol–water partition coefficient (Wildman–Crippen LogP) is 1.83. The molecule has 16 heavy (non-hydrogen) atoms. The number of ether oxygens (including phenoxy) is 1. The number of benzene rings is 1. The second-order valence-corrected chi connectivity index (χ2v) is 3.28. The molecule has 1 N–H and O–H groups in total. The number of carbonyl (C=O) groups excluding carboxylic acids is 1. The molecule has 0 amide bonds. The van der Waals surface area contributed by atoms with Crippen LogP contribution in [0.25, 0.3) is 0 Å². The number of carbonyl (C=O) groups is 1. The number of hydrogen-bond donors (Lipinski definition) is 1. The van der Waals surface area contributed by atoms with Crippen molar-refractivity contribution in [2.45, 2.75) is 6.10 Å². The van der Waals surface area contributed by atoms with Gasteiger partial charge in [0.15, 0.2) is 0 Å². The SMILES string of the molecule is C=C[C@@H](C(=O)OC)[C@H](O)c1ccc(F)cc1. The summed E-state index contributed by atoms with van der Waals surface area (Å²) in [7, 11) is 1.23. The minimum absolute atomic E-state index is 0.399. The van der Waals surface area contributed by atoms with Gasteiger partial charge in [0.1, 0.15) is 11.7 Å². The Morgan fingerprint density at radius 3 is 2.50 bits per heavy atom. The highest BCUT2D eigenvalue weighted by molar-refractivity contribution is 5.75. The molecule has 1 aromatic carbocycles. The smallest absolute Gasteiger partial charge is 0.315 e. The van der Waals surface area contributed by atoms with Gasteiger partial charge in [-0.25, -0.2) is 4.39 Å². The van der Waals surface area contributed by atoms with Gasteiger partial charge in [-0.1, -0.05) is 18.2 Å². The molecule has 0 saturated heterocycles. The third kappa shape index (κ3) is 2.67. The average Bonchev–Trinajstić information content (AvgIpc) is 2.30. The first kappa shape index (κ1) is 12.4. The maximum Gasteiger partial charge on any atom is 0.315 e. The third-order valence-electron chi connectivity index (χ3n) is 2.28. The fraction of sp³-hybridized carbons (Fsp3) is 0.250. The summed E-state index contributed by atoms with van der Waals surface area (Å²) in [6, 6.07) is 5.27. The summed E-state index contributed by atoms with van der Waals surface area (Å²) in [5, 5.41) is 9.88. The van der Waals surface area contributed by atoms with Gasteiger partial charge in [-0.3, -0.25) is 4.79 Å². The number of rotatable bonds is 4. The highest BCUT2D eigenvalue weighted by Crippen LogP contribution is 2.24. The Bertz CT molecular complexity index is 372. The van der Waals surface area contributed by atoms with Crippen molar-refractivity contribution in [1.82, 2.24) is 0 Å². The monoisotopic (exact) mass is 224 g/mol. The highest BCUT2D eigenvalue weighted by atomic mass is 19.1. The van der Waals surface area contributed by atoms with Crippen LogP contribution < -0.4 is 0 Å². The van der Waals surface area contributed by atoms with Crippen molar-refractivity contribution < 1.29 is 19.0 Å². The largest absolute Gasteiger partial charge is 0.468 e. The van der Waals surface area contributed by atoms with Crippen molar-refractivity contribution in [2.75, 3.05) is 7.11 Å². The number of esters is 1. The second kappa shape index (κ2) is 5.42. The summed E-state index contributed by atoms with van der Waals surface area (Å²) < 4.78 is 17.2. The van der Waals surface area contributed by atoms with Crippen LogP contribution >= 0.6 is 0 Å². The fourth-order valence-corrected chi connectivity index (χ4v) is 1.36. The van der Waals surface area contributed by atoms with Crippen LogP contribution in [0.15, 0.2) is 36.9 Å². The molecule has 2 atom stereocenters. The molecule has 0 fully saturated rings. The van der Waals surface area contributed by atoms with E-state index in [4.69, 9.17) is 0 Å². The Labute approximate surface area is 93.2 Å². The van der Waals surface area contributed by atoms with Crippen LogP contribution in [-0.4, -0.2) is 18.2 Å². The van der Waals surface area contributed by atoms with E-state index in [1.165, 1.54) is 37.5 Å². The molecule has 0 aromatic heterocycles. The summed E-state index contributed by atoms with van der Waals surface area (Å²) in [4.78, 5) is 11.3. The van der Waals surface area contributed by atoms with Crippen LogP contribution in [0.1, 0.15) is 11.7 Å². The van der Waals surface area contributed by atoms with Gasteiger partial charge in [-0.15, -0.1) is 6.58 Å². The maximum atomic E-state index is 12.7. The standard InChI is InChI=1S/C12H13FO3/c1-3-10(12(15)16-2)11(14)8-4-6-9(13)7-5-8/h3-7,10-11,14H,1H2,2H3/t10-,11-/m1/s1. The number of methoxy groups -OCH3 is 1. The first-order valence-corrected chi connectivity index (χ1v) is 4.74. The lowest BCUT2D eigenvalue weighted by molar-refractivity contribution is -0.147. The van der Waals surface area contributed by atoms with Crippen molar-refractivity contribution in [3.8, 4) is 0 Å². The van der Waals surface area contributed by atoms with Crippen LogP contribution in [0.4, 0.5) is 4.39 Å². The summed E-state index contributed by atoms with van der Waals surface area (Å²) in [6.07, 6.45) is 0.227. The van der Waals surface area contributed by atoms with E-state index in [1.54, 1.807) is 0 Å². The molecule has 0 spiro atoms. The van der Waals surface area contributed by atoms with Gasteiger partial charge in [0.25, 0.3) is 0 Å². The molecule has 1 aromatic rings. The molecule has 0 unspecified atom stereocenters. The minimum Gasteiger partial charge on any atom is -0.468 e. The molecule has 0 aliphatic rings. The van der Waals surface area contributed by atoms with Gasteiger partial charge in [0.2, 0.25) is 0 Å². The Morgan fingerprint density at radius 1 is 1.50 bits per heavy atom. The molecule has 0 aliphatic heterocycles. The predicted molar refractivity (Wildman–Crippen MR) is 57.1 cm³/mol. The number of hydrogen-bond acceptors (Lipinski definition) is 3. The topological polar surface area (TPSA) is 46.5 Å². The Hall–Kier alpha value is -1.68. The lowest BCUT2D eigenvalue weighted by Crippen LogP contribution is -2.21. The quantitative estimate of drug-likeness (QED) is 0.627. The molecule has 0 aliphatic carbocycles. The van der Waals surface area contributed by atoms with E-state index in [9.17, 15) is 14.3 Å². The number of halogens is 1. The highest BCUT2D eigenvalue weighted by Gasteiger charge is 2.25. The van der Waals surface area contributed by atoms with E-state index in [0.29, 0.717) is 5.56 Å². The lowest BCUT2D eigenvalue weighted by Gasteiger charge is -2.17. The fourth-order valence-electron chi connectivity index (χ4n) is 1.36. The van der Waals surface area contributed by atoms with Gasteiger partial charge >= 0.3 is 5.97 Å². The van der Waals surface area contributed by atoms with E-state index in [2.05, 4.69) is 11.3 Å². The van der Waals surface area contributed by atoms with Crippen LogP contribution in [0, 0.1) is 11.7 Å². The molecule has 3 nitrogen and oxygen atoms in total. The zero-order chi connectivity index (χ0) is 12.1. The van der Waals surface area contributed by atoms with E-state index < -0.39 is 23.8 Å². The van der Waals surface area contributed by atoms with Gasteiger partial charge in [-0.05, 0) is 17.7 Å². The van der Waals surface area contributed by atoms with E-state index in [-0.39, 0.29) is 0 Å². The first-order valence-electron chi connectivity index (χ1n) is 4.74. The van der Waals surface area contributed by atoms with Crippen molar-refractivity contribution >= 4 is 5.97 Å². The molecule has 0 saturated carbocycles. The van der Waals surface area contributed by atoms with Gasteiger partial charge in [0.05, 0.1) is 13.2 Å². The van der Waals surface area contributed by atoms with Crippen LogP contribution in [0.3, 0.4) is 0 Å². The van der Waals surface area contributed by atoms with Crippen molar-refractivity contribution in [1.29, 1.82) is 0 Å².